The molecule has 2 aromatic heterocycles. The third-order valence-corrected chi connectivity index (χ3v) is 9.46. The summed E-state index contributed by atoms with van der Waals surface area (Å²) in [6.07, 6.45) is 0.801. The molecule has 2 fully saturated rings. The Morgan fingerprint density at radius 1 is 1.04 bits per heavy atom. The molecule has 3 aromatic rings. The number of aliphatic hydroxyl groups excluding tert-OH is 1. The molecule has 2 aliphatic rings. The summed E-state index contributed by atoms with van der Waals surface area (Å²) in [7, 11) is 0. The molecule has 5 rings (SSSR count). The van der Waals surface area contributed by atoms with Crippen LogP contribution in [0.1, 0.15) is 61.8 Å². The highest BCUT2D eigenvalue weighted by Crippen LogP contribution is 2.29. The van der Waals surface area contributed by atoms with Gasteiger partial charge in [-0.25, -0.2) is 9.97 Å². The molecule has 12 heteroatoms. The van der Waals surface area contributed by atoms with E-state index in [1.807, 2.05) is 70.5 Å². The number of nitrogens with zero attached hydrogens (tertiary/aromatic N) is 4. The molecule has 1 aromatic carbocycles. The number of nitrogens with one attached hydrogen (secondary N) is 3. The maximum absolute atomic E-state index is 14.0. The van der Waals surface area contributed by atoms with Gasteiger partial charge in [-0.15, -0.1) is 11.3 Å². The van der Waals surface area contributed by atoms with Gasteiger partial charge in [0.25, 0.3) is 5.91 Å². The third-order valence-electron chi connectivity index (χ3n) is 8.48. The average molecular weight is 634 g/mol. The van der Waals surface area contributed by atoms with Crippen molar-refractivity contribution in [2.75, 3.05) is 37.6 Å². The molecule has 2 unspecified atom stereocenters. The van der Waals surface area contributed by atoms with Gasteiger partial charge >= 0.3 is 0 Å². The van der Waals surface area contributed by atoms with E-state index < -0.39 is 35.4 Å². The molecule has 0 bridgehead atoms. The van der Waals surface area contributed by atoms with Gasteiger partial charge in [0.1, 0.15) is 17.9 Å². The van der Waals surface area contributed by atoms with E-state index in [-0.39, 0.29) is 24.9 Å². The van der Waals surface area contributed by atoms with Crippen LogP contribution in [0.2, 0.25) is 0 Å². The Balaban J connectivity index is 1.26. The number of rotatable bonds is 8. The predicted octanol–water partition coefficient (Wildman–Crippen LogP) is 2.91. The van der Waals surface area contributed by atoms with Crippen molar-refractivity contribution in [2.24, 2.45) is 5.41 Å². The lowest BCUT2D eigenvalue weighted by atomic mass is 9.85. The maximum atomic E-state index is 14.0. The number of hydrogen-bond acceptors (Lipinski definition) is 9. The largest absolute Gasteiger partial charge is 0.391 e. The van der Waals surface area contributed by atoms with E-state index in [4.69, 9.17) is 0 Å². The zero-order valence-corrected chi connectivity index (χ0v) is 27.4. The van der Waals surface area contributed by atoms with E-state index in [9.17, 15) is 19.5 Å². The Labute approximate surface area is 268 Å². The van der Waals surface area contributed by atoms with Crippen LogP contribution in [0.4, 0.5) is 5.82 Å². The van der Waals surface area contributed by atoms with Crippen LogP contribution in [0, 0.1) is 12.3 Å². The van der Waals surface area contributed by atoms with Gasteiger partial charge in [0, 0.05) is 45.3 Å². The molecule has 4 atom stereocenters. The molecular weight excluding hydrogens is 590 g/mol. The van der Waals surface area contributed by atoms with Crippen LogP contribution in [0.25, 0.3) is 10.4 Å². The summed E-state index contributed by atoms with van der Waals surface area (Å²) in [5.41, 5.74) is 4.46. The molecule has 11 nitrogen and oxygen atoms in total. The number of piperazine rings is 1. The summed E-state index contributed by atoms with van der Waals surface area (Å²) < 4.78 is 0. The zero-order valence-electron chi connectivity index (χ0n) is 26.5. The Morgan fingerprint density at radius 2 is 1.76 bits per heavy atom. The first-order chi connectivity index (χ1) is 21.4. The van der Waals surface area contributed by atoms with Crippen molar-refractivity contribution in [3.05, 3.63) is 64.9 Å². The number of anilines is 1. The van der Waals surface area contributed by atoms with E-state index in [0.29, 0.717) is 5.56 Å². The number of aryl methyl sites for hydroxylation is 1. The standard InChI is InChI=1S/C33H43N7O4S/c1-20(22-6-8-23(9-7-22)28-21(2)36-19-45-28)37-31(43)26-16-25(41)18-40(26)32(44)29(33(3,4)5)38-30(42)24-10-11-27(35-17-24)39-14-12-34-13-15-39/h6-11,17,19-20,25-26,29,34,41H,12-16,18H2,1-5H3,(H,37,43)(H,38,42)/t20?,25-,26+,29?/m1/s1. The minimum atomic E-state index is -0.932. The van der Waals surface area contributed by atoms with Crippen LogP contribution in [-0.4, -0.2) is 88.6 Å². The first kappa shape index (κ1) is 32.5. The summed E-state index contributed by atoms with van der Waals surface area (Å²) >= 11 is 1.58. The van der Waals surface area contributed by atoms with E-state index in [1.54, 1.807) is 17.4 Å². The fourth-order valence-corrected chi connectivity index (χ4v) is 6.64. The predicted molar refractivity (Wildman–Crippen MR) is 175 cm³/mol. The van der Waals surface area contributed by atoms with Crippen molar-refractivity contribution in [3.8, 4) is 10.4 Å². The molecule has 3 amide bonds. The van der Waals surface area contributed by atoms with Crippen LogP contribution in [0.15, 0.2) is 48.1 Å². The monoisotopic (exact) mass is 633 g/mol. The number of amides is 3. The normalized spacial score (nSPS) is 20.0. The second kappa shape index (κ2) is 13.6. The fraction of sp³-hybridized carbons (Fsp3) is 0.485. The third kappa shape index (κ3) is 7.51. The number of β-amino-alcohol motifs (C(OH)–C–C–N with tert-alkyl or cyclic N) is 1. The molecule has 0 aliphatic carbocycles. The highest BCUT2D eigenvalue weighted by Gasteiger charge is 2.44. The number of hydrogen-bond donors (Lipinski definition) is 4. The van der Waals surface area contributed by atoms with Gasteiger partial charge in [0.15, 0.2) is 0 Å². The summed E-state index contributed by atoms with van der Waals surface area (Å²) in [6, 6.07) is 9.39. The molecule has 240 valence electrons. The number of aliphatic hydroxyl groups is 1. The average Bonchev–Trinajstić information content (AvgIpc) is 3.64. The fourth-order valence-electron chi connectivity index (χ4n) is 5.83. The number of carbonyl (C=O) groups excluding carboxylic acids is 3. The SMILES string of the molecule is Cc1ncsc1-c1ccc(C(C)NC(=O)[C@@H]2C[C@@H](O)CN2C(=O)C(NC(=O)c2ccc(N3CCNCC3)nc2)C(C)(C)C)cc1. The highest BCUT2D eigenvalue weighted by molar-refractivity contribution is 7.13. The Bertz CT molecular complexity index is 1500. The van der Waals surface area contributed by atoms with E-state index in [0.717, 1.165) is 53.7 Å². The van der Waals surface area contributed by atoms with Crippen LogP contribution in [0.5, 0.6) is 0 Å². The number of thiazole rings is 1. The second-order valence-corrected chi connectivity index (χ2v) is 13.8. The van der Waals surface area contributed by atoms with Gasteiger partial charge in [0.2, 0.25) is 11.8 Å². The maximum Gasteiger partial charge on any atom is 0.253 e. The van der Waals surface area contributed by atoms with Crippen molar-refractivity contribution in [3.63, 3.8) is 0 Å². The molecule has 0 spiro atoms. The van der Waals surface area contributed by atoms with Crippen molar-refractivity contribution in [2.45, 2.75) is 65.3 Å². The van der Waals surface area contributed by atoms with E-state index >= 15 is 0 Å². The number of aromatic nitrogens is 2. The van der Waals surface area contributed by atoms with Gasteiger partial charge in [-0.3, -0.25) is 14.4 Å². The molecule has 0 saturated carbocycles. The molecule has 4 heterocycles. The van der Waals surface area contributed by atoms with Gasteiger partial charge in [0.05, 0.1) is 33.8 Å². The molecule has 45 heavy (non-hydrogen) atoms. The van der Waals surface area contributed by atoms with Crippen molar-refractivity contribution >= 4 is 34.9 Å². The Kier molecular flexibility index (Phi) is 9.85. The lowest BCUT2D eigenvalue weighted by Crippen LogP contribution is -2.57. The Morgan fingerprint density at radius 3 is 2.36 bits per heavy atom. The quantitative estimate of drug-likeness (QED) is 0.297. The summed E-state index contributed by atoms with van der Waals surface area (Å²) in [6.45, 7) is 12.9. The number of carbonyl (C=O) groups is 3. The lowest BCUT2D eigenvalue weighted by Gasteiger charge is -2.35. The molecule has 2 aliphatic heterocycles. The second-order valence-electron chi connectivity index (χ2n) is 12.9. The van der Waals surface area contributed by atoms with E-state index in [1.165, 1.54) is 11.1 Å². The van der Waals surface area contributed by atoms with Crippen LogP contribution >= 0.6 is 11.3 Å². The summed E-state index contributed by atoms with van der Waals surface area (Å²) in [5.74, 6) is -0.373. The molecule has 2 saturated heterocycles. The lowest BCUT2D eigenvalue weighted by molar-refractivity contribution is -0.142. The van der Waals surface area contributed by atoms with Crippen molar-refractivity contribution in [1.82, 2.24) is 30.8 Å². The molecular formula is C33H43N7O4S. The summed E-state index contributed by atoms with van der Waals surface area (Å²) in [5, 5.41) is 19.8. The minimum Gasteiger partial charge on any atom is -0.391 e. The smallest absolute Gasteiger partial charge is 0.253 e. The minimum absolute atomic E-state index is 0.0115. The van der Waals surface area contributed by atoms with Gasteiger partial charge < -0.3 is 30.9 Å². The number of pyridine rings is 1. The number of likely N-dealkylation sites (tertiary alicyclic amines) is 1. The van der Waals surface area contributed by atoms with E-state index in [2.05, 4.69) is 30.8 Å². The zero-order chi connectivity index (χ0) is 32.3. The van der Waals surface area contributed by atoms with Gasteiger partial charge in [-0.1, -0.05) is 45.0 Å². The van der Waals surface area contributed by atoms with Crippen molar-refractivity contribution < 1.29 is 19.5 Å². The molecule has 4 N–H and O–H groups in total. The van der Waals surface area contributed by atoms with Crippen LogP contribution in [-0.2, 0) is 9.59 Å². The topological polar surface area (TPSA) is 140 Å². The summed E-state index contributed by atoms with van der Waals surface area (Å²) in [4.78, 5) is 54.3. The van der Waals surface area contributed by atoms with Gasteiger partial charge in [-0.05, 0) is 42.5 Å². The van der Waals surface area contributed by atoms with Crippen LogP contribution < -0.4 is 20.9 Å². The molecule has 0 radical (unpaired) electrons. The highest BCUT2D eigenvalue weighted by atomic mass is 32.1. The van der Waals surface area contributed by atoms with Gasteiger partial charge in [-0.2, -0.15) is 0 Å². The first-order valence-electron chi connectivity index (χ1n) is 15.4. The number of benzene rings is 1. The van der Waals surface area contributed by atoms with Crippen molar-refractivity contribution in [1.29, 1.82) is 0 Å². The first-order valence-corrected chi connectivity index (χ1v) is 16.3. The Hall–Kier alpha value is -3.87. The van der Waals surface area contributed by atoms with Crippen LogP contribution in [0.3, 0.4) is 0 Å².